The first-order valence-corrected chi connectivity index (χ1v) is 36.7. The predicted octanol–water partition coefficient (Wildman–Crippen LogP) is 11.0. The van der Waals surface area contributed by atoms with Gasteiger partial charge in [-0.3, -0.25) is 44.1 Å². The highest BCUT2D eigenvalue weighted by molar-refractivity contribution is 5.98. The Balaban J connectivity index is 0.000000125. The number of fused-ring (bicyclic) bond motifs is 4. The number of phenols is 2. The van der Waals surface area contributed by atoms with Crippen LogP contribution in [-0.4, -0.2) is 199 Å². The van der Waals surface area contributed by atoms with Crippen molar-refractivity contribution in [3.63, 3.8) is 0 Å². The van der Waals surface area contributed by atoms with Crippen LogP contribution >= 0.6 is 0 Å². The first-order chi connectivity index (χ1) is 51.4. The topological polar surface area (TPSA) is 275 Å². The highest BCUT2D eigenvalue weighted by Crippen LogP contribution is 2.45. The van der Waals surface area contributed by atoms with Crippen LogP contribution in [0.4, 0.5) is 8.78 Å². The van der Waals surface area contributed by atoms with Crippen molar-refractivity contribution >= 4 is 11.6 Å². The number of ether oxygens (including phenoxy) is 6. The number of carbonyl (C=O) groups excluding carboxylic acids is 2. The Hall–Kier alpha value is -9.56. The van der Waals surface area contributed by atoms with Gasteiger partial charge in [0.1, 0.15) is 57.8 Å². The third kappa shape index (κ3) is 19.7. The summed E-state index contributed by atoms with van der Waals surface area (Å²) in [4.78, 5) is 49.9. The van der Waals surface area contributed by atoms with Gasteiger partial charge < -0.3 is 59.1 Å². The summed E-state index contributed by atoms with van der Waals surface area (Å²) < 4.78 is 61.8. The summed E-state index contributed by atoms with van der Waals surface area (Å²) in [7, 11) is 3.32. The van der Waals surface area contributed by atoms with Gasteiger partial charge in [-0.2, -0.15) is 0 Å². The molecule has 4 aromatic heterocycles. The maximum atomic E-state index is 13.5. The molecule has 106 heavy (non-hydrogen) atoms. The number of phenolic OH excluding ortho intramolecular Hbond substituents is 2. The zero-order valence-corrected chi connectivity index (χ0v) is 59.7. The summed E-state index contributed by atoms with van der Waals surface area (Å²) in [5, 5.41) is 57.9. The maximum absolute atomic E-state index is 13.5. The van der Waals surface area contributed by atoms with E-state index in [9.17, 15) is 49.0 Å². The molecule has 0 amide bonds. The number of aliphatic hydroxyl groups excluding tert-OH is 2. The summed E-state index contributed by atoms with van der Waals surface area (Å²) in [5.41, 5.74) is 1.80. The molecule has 4 saturated carbocycles. The highest BCUT2D eigenvalue weighted by atomic mass is 19.1. The summed E-state index contributed by atoms with van der Waals surface area (Å²) in [6.07, 6.45) is 17.3. The van der Waals surface area contributed by atoms with E-state index in [2.05, 4.69) is 39.5 Å². The van der Waals surface area contributed by atoms with Crippen molar-refractivity contribution in [1.82, 2.24) is 39.5 Å². The lowest BCUT2D eigenvalue weighted by Crippen LogP contribution is -2.30. The molecule has 6 N–H and O–H groups in total. The number of benzene rings is 4. The second-order valence-electron chi connectivity index (χ2n) is 29.6. The van der Waals surface area contributed by atoms with Gasteiger partial charge >= 0.3 is 0 Å². The van der Waals surface area contributed by atoms with Crippen LogP contribution in [0.1, 0.15) is 95.7 Å². The van der Waals surface area contributed by atoms with E-state index < -0.39 is 35.3 Å². The minimum atomic E-state index is -0.760. The van der Waals surface area contributed by atoms with Crippen molar-refractivity contribution < 1.29 is 77.4 Å². The van der Waals surface area contributed by atoms with Crippen LogP contribution in [0.3, 0.4) is 0 Å². The van der Waals surface area contributed by atoms with E-state index in [-0.39, 0.29) is 54.0 Å². The van der Waals surface area contributed by atoms with E-state index in [4.69, 9.17) is 28.4 Å². The van der Waals surface area contributed by atoms with Crippen LogP contribution in [0, 0.1) is 59.0 Å². The summed E-state index contributed by atoms with van der Waals surface area (Å²) in [6.45, 7) is 9.11. The smallest absolute Gasteiger partial charge is 0.195 e. The Labute approximate surface area is 616 Å². The average molecular weight is 1450 g/mol. The zero-order chi connectivity index (χ0) is 73.8. The first-order valence-electron chi connectivity index (χ1n) is 36.7. The van der Waals surface area contributed by atoms with Gasteiger partial charge in [-0.1, -0.05) is 18.2 Å². The van der Waals surface area contributed by atoms with Gasteiger partial charge in [-0.05, 0) is 207 Å². The largest absolute Gasteiger partial charge is 0.506 e. The number of ketones is 2. The lowest BCUT2D eigenvalue weighted by atomic mass is 10.0. The number of halogens is 2. The molecule has 16 rings (SSSR count). The van der Waals surface area contributed by atoms with Crippen molar-refractivity contribution in [2.45, 2.75) is 88.0 Å². The molecule has 4 saturated heterocycles. The molecule has 0 bridgehead atoms. The summed E-state index contributed by atoms with van der Waals surface area (Å²) in [5.74, 6) is 7.30. The number of carbonyl (C=O) groups is 2. The number of β-amino-alcohol motifs (C(OH)–C–C–N with tert-alkyl or cyclic N) is 2. The lowest BCUT2D eigenvalue weighted by molar-refractivity contribution is 0.0925. The molecule has 14 atom stereocenters. The van der Waals surface area contributed by atoms with Crippen LogP contribution in [0.25, 0.3) is 0 Å². The van der Waals surface area contributed by atoms with Crippen molar-refractivity contribution in [1.29, 1.82) is 0 Å². The van der Waals surface area contributed by atoms with Gasteiger partial charge in [-0.15, -0.1) is 0 Å². The van der Waals surface area contributed by atoms with E-state index in [1.807, 2.05) is 72.8 Å². The third-order valence-electron chi connectivity index (χ3n) is 22.1. The van der Waals surface area contributed by atoms with Gasteiger partial charge in [0.05, 0.1) is 88.3 Å². The number of hydrogen-bond donors (Lipinski definition) is 6. The van der Waals surface area contributed by atoms with E-state index in [1.54, 1.807) is 63.3 Å². The van der Waals surface area contributed by atoms with Gasteiger partial charge in [0, 0.05) is 95.5 Å². The fraction of sp³-hybridized carbons (Fsp3) is 0.439. The number of methoxy groups -OCH3 is 2. The van der Waals surface area contributed by atoms with E-state index in [0.29, 0.717) is 89.5 Å². The Bertz CT molecular complexity index is 4140. The predicted molar refractivity (Wildman–Crippen MR) is 389 cm³/mol. The zero-order valence-electron chi connectivity index (χ0n) is 59.7. The van der Waals surface area contributed by atoms with Crippen molar-refractivity contribution in [2.75, 3.05) is 92.8 Å². The molecule has 0 spiro atoms. The van der Waals surface area contributed by atoms with Crippen molar-refractivity contribution in [2.24, 2.45) is 47.3 Å². The number of likely N-dealkylation sites (tertiary alicyclic amines) is 4. The van der Waals surface area contributed by atoms with Gasteiger partial charge in [-0.25, -0.2) is 13.8 Å². The first kappa shape index (κ1) is 74.7. The number of aromatic nitrogens is 4. The lowest BCUT2D eigenvalue weighted by Gasteiger charge is -2.22. The molecular weight excluding hydrogens is 1360 g/mol. The van der Waals surface area contributed by atoms with Crippen LogP contribution in [-0.2, 0) is 0 Å². The molecule has 22 nitrogen and oxygen atoms in total. The Morgan fingerprint density at radius 2 is 0.821 bits per heavy atom. The maximum Gasteiger partial charge on any atom is 0.195 e. The minimum Gasteiger partial charge on any atom is -0.506 e. The number of pyridine rings is 4. The molecule has 8 aliphatic rings. The Kier molecular flexibility index (Phi) is 24.5. The summed E-state index contributed by atoms with van der Waals surface area (Å²) in [6, 6.07) is 37.3. The average Bonchev–Trinajstić information content (AvgIpc) is 1.66. The standard InChI is InChI=1S/C21H26N2O4.C21H24N2O4.C20H23FN2O3.C20H21FN2O3/c2*1-26-17-3-2-4-18(9-17)27-19-7-14-11-23(12-15(14)8-19)13-21(25)20-6-5-16(24)10-22-20;2*21-18-8-13(3-4-19(18)24)20(25)12-23-10-14-6-17(7-15(14)11-23)26-16-2-1-5-22-9-16/h2-6,9-10,14-15,19,21,24-25H,7-8,11-13H2,1H3;2-6,9-10,14-15,19,24H,7-8,11-13H2,1H3;1-5,8-9,14-15,17,20,24-25H,6-7,10-12H2;1-5,8-9,14-15,17,24H,6-7,10-12H2/t14-,15+,19?,21?;14-,15+,19?;14-,15+,17?,20?;14-,15+,17?. The molecular formula is C82H94F2N8O14. The van der Waals surface area contributed by atoms with Crippen molar-refractivity contribution in [3.8, 4) is 57.5 Å². The molecule has 560 valence electrons. The normalized spacial score (nSPS) is 25.6. The fourth-order valence-electron chi connectivity index (χ4n) is 17.1. The highest BCUT2D eigenvalue weighted by Gasteiger charge is 2.46. The quantitative estimate of drug-likeness (QED) is 0.0344. The minimum absolute atomic E-state index is 0.000783. The second kappa shape index (κ2) is 34.8. The molecule has 4 aliphatic carbocycles. The van der Waals surface area contributed by atoms with E-state index in [0.717, 1.165) is 144 Å². The number of nitrogens with zero attached hydrogens (tertiary/aromatic N) is 8. The number of aliphatic hydroxyl groups is 2. The fourth-order valence-corrected chi connectivity index (χ4v) is 17.1. The van der Waals surface area contributed by atoms with Crippen LogP contribution in [0.15, 0.2) is 171 Å². The molecule has 4 aliphatic heterocycles. The molecule has 6 unspecified atom stereocenters. The second-order valence-corrected chi connectivity index (χ2v) is 29.6. The van der Waals surface area contributed by atoms with Crippen molar-refractivity contribution in [3.05, 3.63) is 205 Å². The van der Waals surface area contributed by atoms with Crippen LogP contribution < -0.4 is 28.4 Å². The number of Topliss-reactive ketones (excluding diaryl/α,β-unsaturated/α-hetero) is 2. The number of hydrogen-bond acceptors (Lipinski definition) is 22. The van der Waals surface area contributed by atoms with Gasteiger partial charge in [0.25, 0.3) is 0 Å². The number of rotatable bonds is 22. The molecule has 4 aromatic carbocycles. The molecule has 0 radical (unpaired) electrons. The van der Waals surface area contributed by atoms with Gasteiger partial charge in [0.15, 0.2) is 34.7 Å². The monoisotopic (exact) mass is 1450 g/mol. The SMILES string of the molecule is COc1cccc(OC2C[C@@H]3CN(CC(=O)c4ccc(O)cn4)C[C@@H]3C2)c1.COc1cccc(OC2C[C@@H]3CN(CC(O)c4ccc(O)cn4)C[C@@H]3C2)c1.O=C(CN1C[C@H]2CC(Oc3cccnc3)C[C@H]2C1)c1ccc(O)c(F)c1.Oc1ccc(C(O)CN2C[C@H]3CC(Oc4cccnc4)C[C@H]3C2)cc1F. The third-order valence-corrected chi connectivity index (χ3v) is 22.1. The molecule has 8 heterocycles. The van der Waals surface area contributed by atoms with E-state index >= 15 is 0 Å². The van der Waals surface area contributed by atoms with Gasteiger partial charge in [0.2, 0.25) is 0 Å². The van der Waals surface area contributed by atoms with Crippen LogP contribution in [0.2, 0.25) is 0 Å². The Morgan fingerprint density at radius 1 is 0.425 bits per heavy atom. The number of aromatic hydroxyl groups is 4. The van der Waals surface area contributed by atoms with Crippen LogP contribution in [0.5, 0.6) is 57.5 Å². The molecule has 8 fully saturated rings. The molecule has 24 heteroatoms. The summed E-state index contributed by atoms with van der Waals surface area (Å²) >= 11 is 0. The Morgan fingerprint density at radius 3 is 1.23 bits per heavy atom. The molecule has 8 aromatic rings. The van der Waals surface area contributed by atoms with E-state index in [1.165, 1.54) is 42.7 Å².